The molecule has 0 aliphatic rings. The summed E-state index contributed by atoms with van der Waals surface area (Å²) in [5.74, 6) is -1.15. The van der Waals surface area contributed by atoms with Crippen LogP contribution in [-0.4, -0.2) is 106 Å². The van der Waals surface area contributed by atoms with Crippen LogP contribution in [0.5, 0.6) is 0 Å². The Hall–Kier alpha value is -2.84. The first-order valence-electron chi connectivity index (χ1n) is 13.5. The number of carboxylic acid groups (broad SMARTS) is 1. The van der Waals surface area contributed by atoms with Crippen molar-refractivity contribution in [3.63, 3.8) is 0 Å². The van der Waals surface area contributed by atoms with Gasteiger partial charge in [-0.2, -0.15) is 0 Å². The third-order valence-corrected chi connectivity index (χ3v) is 5.12. The fourth-order valence-electron chi connectivity index (χ4n) is 3.23. The van der Waals surface area contributed by atoms with Crippen molar-refractivity contribution in [2.24, 2.45) is 5.73 Å². The number of aromatic nitrogens is 1. The van der Waals surface area contributed by atoms with E-state index in [4.69, 9.17) is 29.4 Å². The predicted octanol–water partition coefficient (Wildman–Crippen LogP) is 1.90. The minimum absolute atomic E-state index is 0.0908. The number of aryl methyl sites for hydroxylation is 1. The highest BCUT2D eigenvalue weighted by molar-refractivity contribution is 5.86. The Morgan fingerprint density at radius 3 is 2.15 bits per heavy atom. The fourth-order valence-corrected chi connectivity index (χ4v) is 3.23. The molecule has 1 aromatic rings. The van der Waals surface area contributed by atoms with E-state index < -0.39 is 29.6 Å². The van der Waals surface area contributed by atoms with Crippen LogP contribution >= 0.6 is 0 Å². The molecule has 0 aromatic carbocycles. The maximum atomic E-state index is 12.8. The van der Waals surface area contributed by atoms with Gasteiger partial charge in [0.25, 0.3) is 0 Å². The van der Waals surface area contributed by atoms with Gasteiger partial charge < -0.3 is 39.8 Å². The van der Waals surface area contributed by atoms with E-state index >= 15 is 0 Å². The number of aliphatic carboxylic acids is 1. The smallest absolute Gasteiger partial charge is 0.416 e. The number of carbonyl (C=O) groups excluding carboxylic acids is 2. The Morgan fingerprint density at radius 1 is 1.00 bits per heavy atom. The Balaban J connectivity index is 2.33. The van der Waals surface area contributed by atoms with E-state index in [0.29, 0.717) is 58.2 Å². The first-order chi connectivity index (χ1) is 19.0. The summed E-state index contributed by atoms with van der Waals surface area (Å²) in [6.07, 6.45) is 2.10. The average molecular weight is 571 g/mol. The van der Waals surface area contributed by atoms with Gasteiger partial charge in [-0.3, -0.25) is 9.69 Å². The third kappa shape index (κ3) is 17.0. The lowest BCUT2D eigenvalue weighted by Gasteiger charge is -2.27. The second kappa shape index (κ2) is 20.1. The number of pyridine rings is 1. The van der Waals surface area contributed by atoms with Crippen LogP contribution in [0, 0.1) is 6.92 Å². The highest BCUT2D eigenvalue weighted by Gasteiger charge is 2.24. The van der Waals surface area contributed by atoms with Gasteiger partial charge in [0, 0.05) is 25.7 Å². The molecular formula is C27H46N4O9. The number of rotatable bonds is 21. The summed E-state index contributed by atoms with van der Waals surface area (Å²) in [5, 5.41) is 11.9. The van der Waals surface area contributed by atoms with Crippen LogP contribution in [0.3, 0.4) is 0 Å². The molecule has 0 radical (unpaired) electrons. The second-order valence-corrected chi connectivity index (χ2v) is 9.94. The maximum absolute atomic E-state index is 12.8. The number of amides is 2. The molecule has 0 aliphatic carbocycles. The molecule has 0 fully saturated rings. The number of nitrogens with two attached hydrogens (primary N) is 1. The number of hydrogen-bond acceptors (Lipinski definition) is 10. The Kier molecular flexibility index (Phi) is 17.7. The van der Waals surface area contributed by atoms with Gasteiger partial charge in [0.05, 0.1) is 52.9 Å². The monoisotopic (exact) mass is 570 g/mol. The normalized spacial score (nSPS) is 12.1. The zero-order chi connectivity index (χ0) is 29.8. The van der Waals surface area contributed by atoms with Gasteiger partial charge >= 0.3 is 12.1 Å². The topological polar surface area (TPSA) is 172 Å². The van der Waals surface area contributed by atoms with E-state index in [1.165, 1.54) is 4.90 Å². The molecule has 228 valence electrons. The van der Waals surface area contributed by atoms with E-state index in [2.05, 4.69) is 10.3 Å². The molecular weight excluding hydrogens is 524 g/mol. The van der Waals surface area contributed by atoms with E-state index in [-0.39, 0.29) is 32.8 Å². The van der Waals surface area contributed by atoms with E-state index in [9.17, 15) is 19.5 Å². The van der Waals surface area contributed by atoms with E-state index in [1.54, 1.807) is 33.0 Å². The number of nitrogens with zero attached hydrogens (tertiary/aromatic N) is 2. The summed E-state index contributed by atoms with van der Waals surface area (Å²) < 4.78 is 26.7. The Morgan fingerprint density at radius 2 is 1.60 bits per heavy atom. The highest BCUT2D eigenvalue weighted by atomic mass is 16.6. The van der Waals surface area contributed by atoms with E-state index in [1.807, 2.05) is 13.0 Å². The van der Waals surface area contributed by atoms with Gasteiger partial charge in [-0.1, -0.05) is 0 Å². The molecule has 4 N–H and O–H groups in total. The van der Waals surface area contributed by atoms with Crippen LogP contribution in [0.1, 0.15) is 45.6 Å². The second-order valence-electron chi connectivity index (χ2n) is 9.94. The predicted molar refractivity (Wildman–Crippen MR) is 148 cm³/mol. The fraction of sp³-hybridized carbons (Fsp3) is 0.704. The minimum atomic E-state index is -1.19. The molecule has 1 rings (SSSR count). The molecule has 13 nitrogen and oxygen atoms in total. The number of hydrogen-bond donors (Lipinski definition) is 3. The summed E-state index contributed by atoms with van der Waals surface area (Å²) in [6, 6.07) is 2.43. The molecule has 2 amide bonds. The molecule has 0 aliphatic heterocycles. The molecule has 0 spiro atoms. The molecule has 0 saturated heterocycles. The Labute approximate surface area is 236 Å². The molecule has 1 atom stereocenters. The van der Waals surface area contributed by atoms with Crippen molar-refractivity contribution in [2.45, 2.75) is 58.6 Å². The summed E-state index contributed by atoms with van der Waals surface area (Å²) >= 11 is 0. The summed E-state index contributed by atoms with van der Waals surface area (Å²) in [5.41, 5.74) is 5.59. The molecule has 0 bridgehead atoms. The van der Waals surface area contributed by atoms with Crippen LogP contribution in [0.4, 0.5) is 10.6 Å². The number of ether oxygens (including phenoxy) is 5. The number of nitrogens with one attached hydrogen (secondary N) is 1. The van der Waals surface area contributed by atoms with Crippen molar-refractivity contribution in [1.29, 1.82) is 0 Å². The maximum Gasteiger partial charge on any atom is 0.416 e. The van der Waals surface area contributed by atoms with Crippen molar-refractivity contribution in [2.75, 3.05) is 70.8 Å². The number of carbonyl (C=O) groups is 3. The van der Waals surface area contributed by atoms with Crippen molar-refractivity contribution in [3.05, 3.63) is 23.9 Å². The molecule has 40 heavy (non-hydrogen) atoms. The zero-order valence-electron chi connectivity index (χ0n) is 24.2. The SMILES string of the molecule is Cc1ccnc(N(CCCCC(=O)NC(COCCOCCOCCOCCN)C(=O)O)C(=O)OC(C)(C)C)c1. The van der Waals surface area contributed by atoms with Crippen molar-refractivity contribution >= 4 is 23.8 Å². The lowest BCUT2D eigenvalue weighted by molar-refractivity contribution is -0.143. The first-order valence-corrected chi connectivity index (χ1v) is 13.5. The van der Waals surface area contributed by atoms with E-state index in [0.717, 1.165) is 5.56 Å². The molecule has 1 unspecified atom stereocenters. The Bertz CT molecular complexity index is 880. The van der Waals surface area contributed by atoms with Crippen molar-refractivity contribution in [3.8, 4) is 0 Å². The number of carboxylic acids is 1. The molecule has 13 heteroatoms. The van der Waals surface area contributed by atoms with Gasteiger partial charge in [0.2, 0.25) is 5.91 Å². The third-order valence-electron chi connectivity index (χ3n) is 5.12. The van der Waals surface area contributed by atoms with Crippen LogP contribution in [0.25, 0.3) is 0 Å². The van der Waals surface area contributed by atoms with Gasteiger partial charge in [0.1, 0.15) is 11.4 Å². The van der Waals surface area contributed by atoms with Crippen LogP contribution in [0.2, 0.25) is 0 Å². The molecule has 0 saturated carbocycles. The van der Waals surface area contributed by atoms with Gasteiger partial charge in [-0.15, -0.1) is 0 Å². The standard InChI is InChI=1S/C27H46N4O9/c1-21-8-10-29-23(19-21)31(26(35)40-27(2,3)4)11-6-5-7-24(32)30-22(25(33)34)20-39-18-17-38-16-15-37-14-13-36-12-9-28/h8,10,19,22H,5-7,9,11-18,20,28H2,1-4H3,(H,30,32)(H,33,34). The van der Waals surface area contributed by atoms with Crippen LogP contribution < -0.4 is 16.0 Å². The lowest BCUT2D eigenvalue weighted by Crippen LogP contribution is -2.44. The van der Waals surface area contributed by atoms with Crippen molar-refractivity contribution < 1.29 is 43.2 Å². The molecule has 1 aromatic heterocycles. The summed E-state index contributed by atoms with van der Waals surface area (Å²) in [6.45, 7) is 10.4. The number of unbranched alkanes of at least 4 members (excludes halogenated alkanes) is 1. The van der Waals surface area contributed by atoms with Gasteiger partial charge in [0.15, 0.2) is 6.04 Å². The van der Waals surface area contributed by atoms with Gasteiger partial charge in [-0.25, -0.2) is 14.6 Å². The van der Waals surface area contributed by atoms with Crippen LogP contribution in [-0.2, 0) is 33.3 Å². The largest absolute Gasteiger partial charge is 0.480 e. The lowest BCUT2D eigenvalue weighted by atomic mass is 10.2. The number of anilines is 1. The highest BCUT2D eigenvalue weighted by Crippen LogP contribution is 2.18. The quantitative estimate of drug-likeness (QED) is 0.184. The minimum Gasteiger partial charge on any atom is -0.480 e. The molecule has 1 heterocycles. The first kappa shape index (κ1) is 35.2. The summed E-state index contributed by atoms with van der Waals surface area (Å²) in [4.78, 5) is 42.4. The summed E-state index contributed by atoms with van der Waals surface area (Å²) in [7, 11) is 0. The zero-order valence-corrected chi connectivity index (χ0v) is 24.2. The van der Waals surface area contributed by atoms with Gasteiger partial charge in [-0.05, 0) is 58.2 Å². The van der Waals surface area contributed by atoms with Crippen LogP contribution in [0.15, 0.2) is 18.3 Å². The average Bonchev–Trinajstić information content (AvgIpc) is 2.87. The van der Waals surface area contributed by atoms with Crippen molar-refractivity contribution in [1.82, 2.24) is 10.3 Å².